The van der Waals surface area contributed by atoms with Crippen LogP contribution in [0.3, 0.4) is 0 Å². The van der Waals surface area contributed by atoms with Crippen molar-refractivity contribution in [3.05, 3.63) is 64.4 Å². The third-order valence-corrected chi connectivity index (χ3v) is 5.84. The van der Waals surface area contributed by atoms with Crippen molar-refractivity contribution >= 4 is 17.8 Å². The van der Waals surface area contributed by atoms with E-state index in [2.05, 4.69) is 6.92 Å². The van der Waals surface area contributed by atoms with Crippen LogP contribution in [0.15, 0.2) is 42.2 Å². The predicted molar refractivity (Wildman–Crippen MR) is 112 cm³/mol. The molecule has 30 heavy (non-hydrogen) atoms. The Bertz CT molecular complexity index is 1010. The quantitative estimate of drug-likeness (QED) is 0.601. The van der Waals surface area contributed by atoms with Crippen molar-refractivity contribution < 1.29 is 29.1 Å². The fourth-order valence-corrected chi connectivity index (χ4v) is 4.26. The van der Waals surface area contributed by atoms with Gasteiger partial charge in [-0.1, -0.05) is 19.1 Å². The summed E-state index contributed by atoms with van der Waals surface area (Å²) in [5.41, 5.74) is 2.34. The Hall–Kier alpha value is -3.12. The van der Waals surface area contributed by atoms with E-state index < -0.39 is 5.97 Å². The molecular formula is C24H26NO5+. The molecule has 0 saturated carbocycles. The molecule has 156 valence electrons. The highest BCUT2D eigenvalue weighted by molar-refractivity contribution is 6.15. The molecule has 2 heterocycles. The Labute approximate surface area is 175 Å². The lowest BCUT2D eigenvalue weighted by molar-refractivity contribution is -0.922. The molecule has 0 bridgehead atoms. The van der Waals surface area contributed by atoms with Crippen LogP contribution in [0.5, 0.6) is 11.5 Å². The molecule has 0 aliphatic carbocycles. The lowest BCUT2D eigenvalue weighted by Crippen LogP contribution is -3.12. The average Bonchev–Trinajstić information content (AvgIpc) is 3.06. The molecule has 0 spiro atoms. The van der Waals surface area contributed by atoms with Crippen LogP contribution in [-0.2, 0) is 11.3 Å². The van der Waals surface area contributed by atoms with Gasteiger partial charge in [-0.15, -0.1) is 0 Å². The Morgan fingerprint density at radius 3 is 2.73 bits per heavy atom. The monoisotopic (exact) mass is 408 g/mol. The van der Waals surface area contributed by atoms with Crippen molar-refractivity contribution in [1.29, 1.82) is 0 Å². The van der Waals surface area contributed by atoms with Crippen molar-refractivity contribution in [2.75, 3.05) is 20.2 Å². The number of methoxy groups -OCH3 is 1. The molecule has 1 fully saturated rings. The first kappa shape index (κ1) is 20.2. The number of quaternary nitrogens is 1. The van der Waals surface area contributed by atoms with Crippen LogP contribution in [0.25, 0.3) is 6.08 Å². The van der Waals surface area contributed by atoms with Crippen molar-refractivity contribution in [1.82, 2.24) is 0 Å². The van der Waals surface area contributed by atoms with E-state index in [1.807, 2.05) is 0 Å². The van der Waals surface area contributed by atoms with E-state index in [1.54, 1.807) is 42.5 Å². The van der Waals surface area contributed by atoms with Gasteiger partial charge in [0.2, 0.25) is 5.78 Å². The number of phenolic OH excluding ortho intramolecular Hbond substituents is 1. The molecule has 2 N–H and O–H groups in total. The van der Waals surface area contributed by atoms with Crippen LogP contribution in [-0.4, -0.2) is 37.1 Å². The van der Waals surface area contributed by atoms with E-state index in [0.717, 1.165) is 18.7 Å². The van der Waals surface area contributed by atoms with E-state index in [1.165, 1.54) is 24.9 Å². The standard InChI is InChI=1S/C24H25NO5/c1-15-4-3-11-25(13-15)14-19-20(26)10-9-18-22(27)21(30-23(18)19)12-16-5-7-17(8-6-16)24(28)29-2/h5-10,12,15,26H,3-4,11,13-14H2,1-2H3/p+1/t15-/m1/s1. The number of nitrogens with one attached hydrogen (secondary N) is 1. The second-order valence-corrected chi connectivity index (χ2v) is 8.12. The largest absolute Gasteiger partial charge is 0.507 e. The summed E-state index contributed by atoms with van der Waals surface area (Å²) in [6.45, 7) is 4.98. The number of esters is 1. The normalized spacial score (nSPS) is 21.9. The first-order chi connectivity index (χ1) is 14.5. The number of allylic oxidation sites excluding steroid dienone is 1. The summed E-state index contributed by atoms with van der Waals surface area (Å²) in [6, 6.07) is 9.95. The summed E-state index contributed by atoms with van der Waals surface area (Å²) in [6.07, 6.45) is 4.05. The van der Waals surface area contributed by atoms with Gasteiger partial charge in [0.1, 0.15) is 12.3 Å². The molecule has 1 unspecified atom stereocenters. The third-order valence-electron chi connectivity index (χ3n) is 5.84. The number of hydrogen-bond acceptors (Lipinski definition) is 5. The van der Waals surface area contributed by atoms with Gasteiger partial charge in [0, 0.05) is 5.92 Å². The maximum atomic E-state index is 12.9. The van der Waals surface area contributed by atoms with E-state index in [-0.39, 0.29) is 17.3 Å². The number of aromatic hydroxyl groups is 1. The number of piperidine rings is 1. The number of carbonyl (C=O) groups is 2. The molecular weight excluding hydrogens is 382 g/mol. The number of ketones is 1. The SMILES string of the molecule is COC(=O)c1ccc(C=C2Oc3c(ccc(O)c3C[NH+]3CCC[C@@H](C)C3)C2=O)cc1. The summed E-state index contributed by atoms with van der Waals surface area (Å²) in [5, 5.41) is 10.5. The molecule has 0 radical (unpaired) electrons. The van der Waals surface area contributed by atoms with Gasteiger partial charge < -0.3 is 19.5 Å². The van der Waals surface area contributed by atoms with E-state index in [4.69, 9.17) is 9.47 Å². The molecule has 2 aliphatic heterocycles. The number of fused-ring (bicyclic) bond motifs is 1. The van der Waals surface area contributed by atoms with Gasteiger partial charge in [0.25, 0.3) is 0 Å². The summed E-state index contributed by atoms with van der Waals surface area (Å²) >= 11 is 0. The van der Waals surface area contributed by atoms with Crippen LogP contribution in [0.1, 0.15) is 51.6 Å². The Morgan fingerprint density at radius 1 is 1.27 bits per heavy atom. The molecule has 2 aliphatic rings. The maximum absolute atomic E-state index is 12.9. The molecule has 2 aromatic carbocycles. The summed E-state index contributed by atoms with van der Waals surface area (Å²) < 4.78 is 10.7. The van der Waals surface area contributed by atoms with Gasteiger partial charge in [-0.2, -0.15) is 0 Å². The number of hydrogen-bond donors (Lipinski definition) is 2. The van der Waals surface area contributed by atoms with Crippen LogP contribution < -0.4 is 9.64 Å². The Kier molecular flexibility index (Phi) is 5.59. The molecule has 6 nitrogen and oxygen atoms in total. The number of ether oxygens (including phenoxy) is 2. The van der Waals surface area contributed by atoms with E-state index in [0.29, 0.717) is 34.9 Å². The number of benzene rings is 2. The third kappa shape index (κ3) is 3.96. The second kappa shape index (κ2) is 8.32. The zero-order valence-electron chi connectivity index (χ0n) is 17.2. The molecule has 0 aromatic heterocycles. The summed E-state index contributed by atoms with van der Waals surface area (Å²) in [4.78, 5) is 25.8. The minimum absolute atomic E-state index is 0.163. The number of likely N-dealkylation sites (tertiary alicyclic amines) is 1. The van der Waals surface area contributed by atoms with Gasteiger partial charge in [-0.3, -0.25) is 4.79 Å². The topological polar surface area (TPSA) is 77.3 Å². The smallest absolute Gasteiger partial charge is 0.337 e. The molecule has 0 amide bonds. The lowest BCUT2D eigenvalue weighted by atomic mass is 9.99. The fraction of sp³-hybridized carbons (Fsp3) is 0.333. The fourth-order valence-electron chi connectivity index (χ4n) is 4.26. The lowest BCUT2D eigenvalue weighted by Gasteiger charge is -2.28. The minimum Gasteiger partial charge on any atom is -0.507 e. The number of carbonyl (C=O) groups excluding carboxylic acids is 2. The highest BCUT2D eigenvalue weighted by Gasteiger charge is 2.33. The molecule has 2 atom stereocenters. The predicted octanol–water partition coefficient (Wildman–Crippen LogP) is 2.61. The van der Waals surface area contributed by atoms with Crippen molar-refractivity contribution in [2.24, 2.45) is 5.92 Å². The van der Waals surface area contributed by atoms with Crippen LogP contribution in [0.4, 0.5) is 0 Å². The number of rotatable bonds is 4. The van der Waals surface area contributed by atoms with Crippen molar-refractivity contribution in [3.8, 4) is 11.5 Å². The summed E-state index contributed by atoms with van der Waals surface area (Å²) in [7, 11) is 1.33. The van der Waals surface area contributed by atoms with Gasteiger partial charge >= 0.3 is 5.97 Å². The number of Topliss-reactive ketones (excluding diaryl/α,β-unsaturated/α-hetero) is 1. The first-order valence-electron chi connectivity index (χ1n) is 10.3. The van der Waals surface area contributed by atoms with E-state index in [9.17, 15) is 14.7 Å². The van der Waals surface area contributed by atoms with Crippen LogP contribution in [0.2, 0.25) is 0 Å². The van der Waals surface area contributed by atoms with Crippen molar-refractivity contribution in [3.63, 3.8) is 0 Å². The zero-order chi connectivity index (χ0) is 21.3. The Balaban J connectivity index is 1.59. The van der Waals surface area contributed by atoms with Crippen molar-refractivity contribution in [2.45, 2.75) is 26.3 Å². The molecule has 4 rings (SSSR count). The Morgan fingerprint density at radius 2 is 2.03 bits per heavy atom. The van der Waals surface area contributed by atoms with Crippen LogP contribution >= 0.6 is 0 Å². The molecule has 6 heteroatoms. The van der Waals surface area contributed by atoms with Gasteiger partial charge in [0.15, 0.2) is 11.5 Å². The summed E-state index contributed by atoms with van der Waals surface area (Å²) in [5.74, 6) is 0.872. The zero-order valence-corrected chi connectivity index (χ0v) is 17.2. The first-order valence-corrected chi connectivity index (χ1v) is 10.3. The second-order valence-electron chi connectivity index (χ2n) is 8.12. The van der Waals surface area contributed by atoms with Gasteiger partial charge in [-0.25, -0.2) is 4.79 Å². The van der Waals surface area contributed by atoms with E-state index >= 15 is 0 Å². The minimum atomic E-state index is -0.413. The van der Waals surface area contributed by atoms with Gasteiger partial charge in [0.05, 0.1) is 36.9 Å². The average molecular weight is 408 g/mol. The molecule has 2 aromatic rings. The maximum Gasteiger partial charge on any atom is 0.337 e. The van der Waals surface area contributed by atoms with Gasteiger partial charge in [-0.05, 0) is 48.7 Å². The van der Waals surface area contributed by atoms with Crippen LogP contribution in [0, 0.1) is 5.92 Å². The highest BCUT2D eigenvalue weighted by atomic mass is 16.5. The molecule has 1 saturated heterocycles. The number of phenols is 1. The highest BCUT2D eigenvalue weighted by Crippen LogP contribution is 2.39.